The molecule has 0 amide bonds. The van der Waals surface area contributed by atoms with Crippen molar-refractivity contribution in [2.24, 2.45) is 0 Å². The largest absolute Gasteiger partial charge is 0.397 e. The predicted octanol–water partition coefficient (Wildman–Crippen LogP) is 1.65. The van der Waals surface area contributed by atoms with Gasteiger partial charge in [0.15, 0.2) is 23.3 Å². The third kappa shape index (κ3) is 3.91. The number of rotatable bonds is 0. The fourth-order valence-corrected chi connectivity index (χ4v) is 3.69. The summed E-state index contributed by atoms with van der Waals surface area (Å²) in [5.41, 5.74) is 27.2. The highest BCUT2D eigenvalue weighted by atomic mass is 15.0. The molecule has 0 spiro atoms. The van der Waals surface area contributed by atoms with Gasteiger partial charge in [0.1, 0.15) is 0 Å². The van der Waals surface area contributed by atoms with Gasteiger partial charge in [0.05, 0.1) is 67.7 Å². The van der Waals surface area contributed by atoms with Crippen molar-refractivity contribution in [1.29, 1.82) is 21.6 Å². The second-order valence-corrected chi connectivity index (χ2v) is 8.31. The van der Waals surface area contributed by atoms with Crippen LogP contribution in [0.2, 0.25) is 0 Å². The lowest BCUT2D eigenvalue weighted by molar-refractivity contribution is 1.05. The quantitative estimate of drug-likeness (QED) is 0.210. The first-order chi connectivity index (χ1) is 17.1. The van der Waals surface area contributed by atoms with Gasteiger partial charge in [-0.1, -0.05) is 0 Å². The molecule has 14 nitrogen and oxygen atoms in total. The maximum atomic E-state index is 8.33. The molecule has 2 aliphatic heterocycles. The van der Waals surface area contributed by atoms with Gasteiger partial charge in [0, 0.05) is 12.8 Å². The first-order valence-corrected chi connectivity index (χ1v) is 10.7. The smallest absolute Gasteiger partial charge is 0.176 e. The van der Waals surface area contributed by atoms with Crippen molar-refractivity contribution in [3.8, 4) is 0 Å². The summed E-state index contributed by atoms with van der Waals surface area (Å²) in [4.78, 5) is 23.7. The van der Waals surface area contributed by atoms with Gasteiger partial charge in [0.2, 0.25) is 0 Å². The topological polar surface area (TPSA) is 283 Å². The first-order valence-electron chi connectivity index (χ1n) is 10.7. The molecule has 8 bridgehead atoms. The van der Waals surface area contributed by atoms with E-state index in [1.807, 2.05) is 0 Å². The normalized spacial score (nSPS) is 14.0. The average Bonchev–Trinajstić information content (AvgIpc) is 2.79. The number of nitrogens with zero attached hydrogens (tertiary/aromatic N) is 4. The Hall–Kier alpha value is -5.40. The number of hydrogen-bond donors (Lipinski definition) is 10. The van der Waals surface area contributed by atoms with Crippen LogP contribution in [0.1, 0.15) is 36.1 Å². The van der Waals surface area contributed by atoms with Crippen molar-refractivity contribution in [3.63, 3.8) is 0 Å². The number of anilines is 4. The number of aromatic nitrogens is 6. The van der Waals surface area contributed by atoms with Gasteiger partial charge in [-0.15, -0.1) is 0 Å². The Morgan fingerprint density at radius 2 is 0.944 bits per heavy atom. The summed E-state index contributed by atoms with van der Waals surface area (Å²) in [6.45, 7) is 0. The van der Waals surface area contributed by atoms with Crippen LogP contribution in [-0.2, 0) is 0 Å². The van der Waals surface area contributed by atoms with Crippen LogP contribution < -0.4 is 22.9 Å². The zero-order chi connectivity index (χ0) is 25.7. The molecular weight excluding hydrogens is 460 g/mol. The molecule has 3 heterocycles. The highest BCUT2D eigenvalue weighted by Crippen LogP contribution is 2.23. The Balaban J connectivity index is 2.02. The van der Waals surface area contributed by atoms with Crippen LogP contribution in [0.25, 0.3) is 22.1 Å². The van der Waals surface area contributed by atoms with Crippen LogP contribution in [0, 0.1) is 21.6 Å². The van der Waals surface area contributed by atoms with Gasteiger partial charge < -0.3 is 54.5 Å². The summed E-state index contributed by atoms with van der Waals surface area (Å²) in [7, 11) is 0. The Bertz CT molecular complexity index is 1470. The summed E-state index contributed by atoms with van der Waals surface area (Å²) in [5.74, 6) is 0.430. The lowest BCUT2D eigenvalue weighted by Crippen LogP contribution is -2.21. The summed E-state index contributed by atoms with van der Waals surface area (Å²) in [6.07, 6.45) is -0.0281. The van der Waals surface area contributed by atoms with Gasteiger partial charge in [-0.3, -0.25) is 0 Å². The summed E-state index contributed by atoms with van der Waals surface area (Å²) >= 11 is 0. The summed E-state index contributed by atoms with van der Waals surface area (Å²) < 4.78 is 0. The molecule has 0 atom stereocenters. The molecule has 0 aliphatic carbocycles. The standard InChI is InChI=1S/C22H22N14/c23-7-1-8(24)16-5-15(7)31-19-11(27)3-13(29)21(35-19)33-17-6-18(10(26)2-9(17)25)34-22-14(30)4-12(28)20(32-16)36-22/h1-2,5-6,27-30H,3-4,23-26H2,(H,31,33,35)(H,32,34,36). The highest BCUT2D eigenvalue weighted by molar-refractivity contribution is 6.16. The van der Waals surface area contributed by atoms with Gasteiger partial charge in [-0.25, -0.2) is 19.9 Å². The van der Waals surface area contributed by atoms with Crippen LogP contribution in [0.15, 0.2) is 24.3 Å². The molecule has 3 aromatic rings. The number of H-pyrrole nitrogens is 2. The number of aromatic amines is 2. The predicted molar refractivity (Wildman–Crippen MR) is 140 cm³/mol. The minimum atomic E-state index is -0.0141. The maximum Gasteiger partial charge on any atom is 0.176 e. The van der Waals surface area contributed by atoms with Crippen LogP contribution in [0.5, 0.6) is 0 Å². The van der Waals surface area contributed by atoms with Crippen molar-refractivity contribution in [2.75, 3.05) is 22.9 Å². The molecule has 0 fully saturated rings. The SMILES string of the molecule is N=C1CC(=N)c2nc1nc1cc(nc3nc([nH]c4cc([nH]2)c(N)cc4N)C(=N)CC3=N)c(N)cc1N. The molecular formula is C22H22N14. The van der Waals surface area contributed by atoms with E-state index in [-0.39, 0.29) is 81.4 Å². The van der Waals surface area contributed by atoms with Crippen molar-refractivity contribution in [2.45, 2.75) is 12.8 Å². The maximum absolute atomic E-state index is 8.33. The molecule has 0 saturated heterocycles. The van der Waals surface area contributed by atoms with E-state index in [4.69, 9.17) is 44.6 Å². The Morgan fingerprint density at radius 1 is 0.528 bits per heavy atom. The molecule has 0 unspecified atom stereocenters. The van der Waals surface area contributed by atoms with E-state index in [0.29, 0.717) is 22.4 Å². The van der Waals surface area contributed by atoms with Crippen LogP contribution in [0.4, 0.5) is 22.7 Å². The van der Waals surface area contributed by atoms with Crippen LogP contribution >= 0.6 is 0 Å². The molecule has 36 heavy (non-hydrogen) atoms. The molecule has 180 valence electrons. The van der Waals surface area contributed by atoms with Gasteiger partial charge in [0.25, 0.3) is 0 Å². The van der Waals surface area contributed by atoms with E-state index in [1.165, 1.54) is 18.2 Å². The van der Waals surface area contributed by atoms with Crippen molar-refractivity contribution < 1.29 is 0 Å². The molecule has 14 heteroatoms. The number of nitrogens with two attached hydrogens (primary N) is 4. The highest BCUT2D eigenvalue weighted by Gasteiger charge is 2.20. The van der Waals surface area contributed by atoms with Gasteiger partial charge in [-0.2, -0.15) is 0 Å². The third-order valence-electron chi connectivity index (χ3n) is 5.61. The Labute approximate surface area is 202 Å². The van der Waals surface area contributed by atoms with E-state index in [0.717, 1.165) is 0 Å². The number of nitrogens with one attached hydrogen (secondary N) is 6. The van der Waals surface area contributed by atoms with E-state index < -0.39 is 0 Å². The lowest BCUT2D eigenvalue weighted by Gasteiger charge is -2.13. The van der Waals surface area contributed by atoms with E-state index in [2.05, 4.69) is 29.9 Å². The van der Waals surface area contributed by atoms with Gasteiger partial charge in [-0.05, 0) is 24.3 Å². The second-order valence-electron chi connectivity index (χ2n) is 8.31. The summed E-state index contributed by atoms with van der Waals surface area (Å²) in [6, 6.07) is 6.12. The fraction of sp³-hybridized carbons (Fsp3) is 0.0909. The average molecular weight is 483 g/mol. The molecule has 0 radical (unpaired) electrons. The zero-order valence-electron chi connectivity index (χ0n) is 18.8. The molecule has 2 aromatic carbocycles. The Morgan fingerprint density at radius 3 is 1.39 bits per heavy atom. The molecule has 2 aliphatic rings. The van der Waals surface area contributed by atoms with Gasteiger partial charge >= 0.3 is 0 Å². The van der Waals surface area contributed by atoms with E-state index in [1.54, 1.807) is 6.07 Å². The number of nitrogen functional groups attached to an aromatic ring is 4. The number of benzene rings is 2. The van der Waals surface area contributed by atoms with Crippen molar-refractivity contribution >= 4 is 67.7 Å². The molecule has 5 rings (SSSR count). The van der Waals surface area contributed by atoms with Crippen LogP contribution in [0.3, 0.4) is 0 Å². The van der Waals surface area contributed by atoms with Crippen LogP contribution in [-0.4, -0.2) is 52.8 Å². The summed E-state index contributed by atoms with van der Waals surface area (Å²) in [5, 5.41) is 33.3. The first kappa shape index (κ1) is 22.4. The Kier molecular flexibility index (Phi) is 5.05. The minimum absolute atomic E-state index is 0.0141. The molecule has 14 N–H and O–H groups in total. The van der Waals surface area contributed by atoms with Crippen molar-refractivity contribution in [3.05, 3.63) is 47.6 Å². The fourth-order valence-electron chi connectivity index (χ4n) is 3.69. The third-order valence-corrected chi connectivity index (χ3v) is 5.61. The molecule has 1 aromatic heterocycles. The van der Waals surface area contributed by atoms with E-state index in [9.17, 15) is 0 Å². The number of fused-ring (bicyclic) bond motifs is 8. The van der Waals surface area contributed by atoms with Crippen molar-refractivity contribution in [1.82, 2.24) is 29.9 Å². The minimum Gasteiger partial charge on any atom is -0.397 e. The molecule has 0 saturated carbocycles. The monoisotopic (exact) mass is 482 g/mol. The zero-order valence-corrected chi connectivity index (χ0v) is 18.8. The second kappa shape index (κ2) is 8.12. The lowest BCUT2D eigenvalue weighted by atomic mass is 10.1. The number of hydrogen-bond acceptors (Lipinski definition) is 12. The van der Waals surface area contributed by atoms with E-state index >= 15 is 0 Å².